The highest BCUT2D eigenvalue weighted by atomic mass is 15.1. The van der Waals surface area contributed by atoms with Crippen LogP contribution in [-0.2, 0) is 0 Å². The molecule has 1 aliphatic rings. The van der Waals surface area contributed by atoms with Crippen LogP contribution < -0.4 is 4.90 Å². The number of pyridine rings is 2. The second-order valence-corrected chi connectivity index (χ2v) is 7.03. The number of benzene rings is 1. The average Bonchev–Trinajstić information content (AvgIpc) is 3.37. The number of hydrogen-bond donors (Lipinski definition) is 0. The predicted molar refractivity (Wildman–Crippen MR) is 108 cm³/mol. The van der Waals surface area contributed by atoms with Crippen LogP contribution >= 0.6 is 0 Å². The standard InChI is InChI=1S/C22H21N5/c1-16-4-7-19(14-24-16)27-21-15-23-11-10-20(21)25-22(27)17-5-8-18(9-6-17)26-12-2-3-13-26/h4-11,14-15H,2-3,12-13H2,1H3. The Hall–Kier alpha value is -3.21. The third-order valence-corrected chi connectivity index (χ3v) is 5.21. The van der Waals surface area contributed by atoms with E-state index in [0.29, 0.717) is 0 Å². The number of aryl methyl sites for hydroxylation is 1. The number of rotatable bonds is 3. The summed E-state index contributed by atoms with van der Waals surface area (Å²) >= 11 is 0. The van der Waals surface area contributed by atoms with E-state index in [0.717, 1.165) is 46.9 Å². The van der Waals surface area contributed by atoms with Crippen molar-refractivity contribution < 1.29 is 0 Å². The van der Waals surface area contributed by atoms with Crippen LogP contribution in [0, 0.1) is 6.92 Å². The molecular weight excluding hydrogens is 334 g/mol. The molecule has 0 amide bonds. The van der Waals surface area contributed by atoms with E-state index in [4.69, 9.17) is 4.98 Å². The van der Waals surface area contributed by atoms with Crippen LogP contribution in [0.2, 0.25) is 0 Å². The molecule has 27 heavy (non-hydrogen) atoms. The van der Waals surface area contributed by atoms with Crippen molar-refractivity contribution in [1.29, 1.82) is 0 Å². The molecule has 0 unspecified atom stereocenters. The first-order valence-corrected chi connectivity index (χ1v) is 9.40. The van der Waals surface area contributed by atoms with Crippen LogP contribution in [0.1, 0.15) is 18.5 Å². The highest BCUT2D eigenvalue weighted by Gasteiger charge is 2.16. The molecule has 1 aromatic carbocycles. The summed E-state index contributed by atoms with van der Waals surface area (Å²) in [5.74, 6) is 0.914. The Morgan fingerprint density at radius 1 is 0.852 bits per heavy atom. The molecule has 0 saturated carbocycles. The van der Waals surface area contributed by atoms with Crippen molar-refractivity contribution in [3.05, 3.63) is 66.7 Å². The molecular formula is C22H21N5. The Morgan fingerprint density at radius 3 is 2.37 bits per heavy atom. The van der Waals surface area contributed by atoms with Crippen molar-refractivity contribution in [3.8, 4) is 17.1 Å². The Bertz CT molecular complexity index is 1070. The molecule has 4 aromatic rings. The number of anilines is 1. The monoisotopic (exact) mass is 355 g/mol. The van der Waals surface area contributed by atoms with Gasteiger partial charge in [0.2, 0.25) is 0 Å². The maximum atomic E-state index is 4.89. The van der Waals surface area contributed by atoms with Crippen molar-refractivity contribution in [1.82, 2.24) is 19.5 Å². The summed E-state index contributed by atoms with van der Waals surface area (Å²) < 4.78 is 2.14. The van der Waals surface area contributed by atoms with Gasteiger partial charge in [0.25, 0.3) is 0 Å². The highest BCUT2D eigenvalue weighted by molar-refractivity contribution is 5.82. The van der Waals surface area contributed by atoms with Gasteiger partial charge in [-0.05, 0) is 62.2 Å². The van der Waals surface area contributed by atoms with Crippen LogP contribution in [0.5, 0.6) is 0 Å². The minimum atomic E-state index is 0.914. The van der Waals surface area contributed by atoms with Gasteiger partial charge in [-0.2, -0.15) is 0 Å². The van der Waals surface area contributed by atoms with Crippen LogP contribution in [-0.4, -0.2) is 32.6 Å². The maximum Gasteiger partial charge on any atom is 0.145 e. The Morgan fingerprint density at radius 2 is 1.63 bits per heavy atom. The number of nitrogens with zero attached hydrogens (tertiary/aromatic N) is 5. The zero-order valence-electron chi connectivity index (χ0n) is 15.3. The summed E-state index contributed by atoms with van der Waals surface area (Å²) in [6.07, 6.45) is 8.11. The minimum Gasteiger partial charge on any atom is -0.372 e. The first kappa shape index (κ1) is 16.0. The van der Waals surface area contributed by atoms with Crippen LogP contribution in [0.4, 0.5) is 5.69 Å². The van der Waals surface area contributed by atoms with E-state index in [9.17, 15) is 0 Å². The summed E-state index contributed by atoms with van der Waals surface area (Å²) in [5, 5.41) is 0. The number of hydrogen-bond acceptors (Lipinski definition) is 4. The zero-order chi connectivity index (χ0) is 18.2. The Kier molecular flexibility index (Phi) is 3.85. The van der Waals surface area contributed by atoms with Crippen LogP contribution in [0.15, 0.2) is 61.1 Å². The topological polar surface area (TPSA) is 46.8 Å². The maximum absolute atomic E-state index is 4.89. The van der Waals surface area contributed by atoms with E-state index in [1.54, 1.807) is 6.20 Å². The fourth-order valence-electron chi connectivity index (χ4n) is 3.77. The van der Waals surface area contributed by atoms with Crippen molar-refractivity contribution >= 4 is 16.7 Å². The van der Waals surface area contributed by atoms with Crippen molar-refractivity contribution in [2.45, 2.75) is 19.8 Å². The lowest BCUT2D eigenvalue weighted by molar-refractivity contribution is 0.949. The molecule has 5 rings (SSSR count). The van der Waals surface area contributed by atoms with Gasteiger partial charge in [-0.15, -0.1) is 0 Å². The van der Waals surface area contributed by atoms with Gasteiger partial charge in [0.1, 0.15) is 5.82 Å². The Labute approximate surface area is 158 Å². The molecule has 0 radical (unpaired) electrons. The smallest absolute Gasteiger partial charge is 0.145 e. The van der Waals surface area contributed by atoms with Gasteiger partial charge in [-0.25, -0.2) is 4.98 Å². The van der Waals surface area contributed by atoms with E-state index in [1.807, 2.05) is 31.5 Å². The molecule has 0 aliphatic carbocycles. The molecule has 5 nitrogen and oxygen atoms in total. The quantitative estimate of drug-likeness (QED) is 0.547. The van der Waals surface area contributed by atoms with Crippen molar-refractivity contribution in [2.24, 2.45) is 0 Å². The molecule has 1 saturated heterocycles. The van der Waals surface area contributed by atoms with E-state index >= 15 is 0 Å². The first-order valence-electron chi connectivity index (χ1n) is 9.40. The van der Waals surface area contributed by atoms with Gasteiger partial charge in [-0.1, -0.05) is 0 Å². The highest BCUT2D eigenvalue weighted by Crippen LogP contribution is 2.30. The van der Waals surface area contributed by atoms with Gasteiger partial charge < -0.3 is 4.90 Å². The molecule has 134 valence electrons. The lowest BCUT2D eigenvalue weighted by Crippen LogP contribution is -2.17. The van der Waals surface area contributed by atoms with Crippen molar-refractivity contribution in [2.75, 3.05) is 18.0 Å². The van der Waals surface area contributed by atoms with Gasteiger partial charge in [-0.3, -0.25) is 14.5 Å². The van der Waals surface area contributed by atoms with Gasteiger partial charge in [0.05, 0.1) is 29.1 Å². The van der Waals surface area contributed by atoms with Crippen LogP contribution in [0.3, 0.4) is 0 Å². The van der Waals surface area contributed by atoms with Crippen molar-refractivity contribution in [3.63, 3.8) is 0 Å². The van der Waals surface area contributed by atoms with Gasteiger partial charge in [0, 0.05) is 36.2 Å². The molecule has 1 fully saturated rings. The fourth-order valence-corrected chi connectivity index (χ4v) is 3.77. The number of aromatic nitrogens is 4. The lowest BCUT2D eigenvalue weighted by Gasteiger charge is -2.17. The third-order valence-electron chi connectivity index (χ3n) is 5.21. The summed E-state index contributed by atoms with van der Waals surface area (Å²) in [7, 11) is 0. The third kappa shape index (κ3) is 2.85. The van der Waals surface area contributed by atoms with Gasteiger partial charge >= 0.3 is 0 Å². The van der Waals surface area contributed by atoms with E-state index in [1.165, 1.54) is 18.5 Å². The van der Waals surface area contributed by atoms with E-state index in [-0.39, 0.29) is 0 Å². The number of fused-ring (bicyclic) bond motifs is 1. The SMILES string of the molecule is Cc1ccc(-n2c(-c3ccc(N4CCCC4)cc3)nc3ccncc32)cn1. The summed E-state index contributed by atoms with van der Waals surface area (Å²) in [6, 6.07) is 14.8. The molecule has 3 aromatic heterocycles. The predicted octanol–water partition coefficient (Wildman–Crippen LogP) is 4.39. The summed E-state index contributed by atoms with van der Waals surface area (Å²) in [4.78, 5) is 16.1. The molecule has 4 heterocycles. The first-order chi connectivity index (χ1) is 13.3. The largest absolute Gasteiger partial charge is 0.372 e. The Balaban J connectivity index is 1.64. The minimum absolute atomic E-state index is 0.914. The van der Waals surface area contributed by atoms with E-state index in [2.05, 4.69) is 49.8 Å². The molecule has 0 spiro atoms. The summed E-state index contributed by atoms with van der Waals surface area (Å²) in [5.41, 5.74) is 6.30. The molecule has 0 atom stereocenters. The summed E-state index contributed by atoms with van der Waals surface area (Å²) in [6.45, 7) is 4.30. The zero-order valence-corrected chi connectivity index (χ0v) is 15.3. The lowest BCUT2D eigenvalue weighted by atomic mass is 10.2. The van der Waals surface area contributed by atoms with E-state index < -0.39 is 0 Å². The molecule has 0 N–H and O–H groups in total. The average molecular weight is 355 g/mol. The second-order valence-electron chi connectivity index (χ2n) is 7.03. The van der Waals surface area contributed by atoms with Gasteiger partial charge in [0.15, 0.2) is 0 Å². The number of imidazole rings is 1. The molecule has 1 aliphatic heterocycles. The molecule has 5 heteroatoms. The fraction of sp³-hybridized carbons (Fsp3) is 0.227. The second kappa shape index (κ2) is 6.50. The van der Waals surface area contributed by atoms with Crippen LogP contribution in [0.25, 0.3) is 28.1 Å². The molecule has 0 bridgehead atoms. The normalized spacial score (nSPS) is 14.2.